The first-order valence-corrected chi connectivity index (χ1v) is 6.66. The minimum Gasteiger partial charge on any atom is -0.267 e. The maximum absolute atomic E-state index is 11.9. The second-order valence-electron chi connectivity index (χ2n) is 4.14. The van der Waals surface area contributed by atoms with E-state index in [1.165, 1.54) is 16.8 Å². The van der Waals surface area contributed by atoms with Crippen molar-refractivity contribution >= 4 is 18.3 Å². The van der Waals surface area contributed by atoms with E-state index in [4.69, 9.17) is 0 Å². The molecule has 20 heavy (non-hydrogen) atoms. The van der Waals surface area contributed by atoms with Gasteiger partial charge in [0.15, 0.2) is 0 Å². The van der Waals surface area contributed by atoms with Crippen molar-refractivity contribution in [3.63, 3.8) is 0 Å². The Balaban J connectivity index is 2.52. The van der Waals surface area contributed by atoms with Gasteiger partial charge in [-0.25, -0.2) is 4.68 Å². The molecule has 1 aromatic heterocycles. The molecule has 1 aromatic carbocycles. The highest BCUT2D eigenvalue weighted by Gasteiger charge is 2.10. The molecule has 2 aromatic rings. The molecule has 0 amide bonds. The molecule has 0 aliphatic heterocycles. The van der Waals surface area contributed by atoms with Gasteiger partial charge in [0.2, 0.25) is 0 Å². The Morgan fingerprint density at radius 1 is 1.35 bits per heavy atom. The highest BCUT2D eigenvalue weighted by molar-refractivity contribution is 7.79. The van der Waals surface area contributed by atoms with Crippen LogP contribution in [0.4, 0.5) is 5.69 Å². The van der Waals surface area contributed by atoms with Gasteiger partial charge in [0, 0.05) is 35.6 Å². The van der Waals surface area contributed by atoms with Crippen LogP contribution in [0.5, 0.6) is 0 Å². The third-order valence-electron chi connectivity index (χ3n) is 2.89. The lowest BCUT2D eigenvalue weighted by Crippen LogP contribution is -2.25. The molecule has 0 spiro atoms. The summed E-state index contributed by atoms with van der Waals surface area (Å²) in [7, 11) is 0. The summed E-state index contributed by atoms with van der Waals surface area (Å²) in [5.41, 5.74) is 1.74. The maximum Gasteiger partial charge on any atom is 0.270 e. The van der Waals surface area contributed by atoms with E-state index in [0.717, 1.165) is 5.56 Å². The SMILES string of the molecule is CCn1nc(-c2ccc([N+](=O)[O-])cc2)cc(CS)c1=O. The van der Waals surface area contributed by atoms with Gasteiger partial charge in [-0.2, -0.15) is 17.7 Å². The predicted octanol–water partition coefficient (Wildman–Crippen LogP) is 2.27. The number of benzene rings is 1. The largest absolute Gasteiger partial charge is 0.270 e. The van der Waals surface area contributed by atoms with E-state index in [1.54, 1.807) is 18.2 Å². The van der Waals surface area contributed by atoms with E-state index in [-0.39, 0.29) is 11.2 Å². The number of hydrogen-bond donors (Lipinski definition) is 1. The number of nitro benzene ring substituents is 1. The van der Waals surface area contributed by atoms with Crippen LogP contribution in [-0.4, -0.2) is 14.7 Å². The van der Waals surface area contributed by atoms with Crippen molar-refractivity contribution in [2.45, 2.75) is 19.2 Å². The number of thiol groups is 1. The summed E-state index contributed by atoms with van der Waals surface area (Å²) in [4.78, 5) is 22.1. The van der Waals surface area contributed by atoms with E-state index < -0.39 is 4.92 Å². The molecule has 2 rings (SSSR count). The standard InChI is InChI=1S/C13H13N3O3S/c1-2-15-13(17)10(8-20)7-12(14-15)9-3-5-11(6-4-9)16(18)19/h3-7,20H,2,8H2,1H3. The first-order chi connectivity index (χ1) is 9.56. The zero-order chi connectivity index (χ0) is 14.7. The van der Waals surface area contributed by atoms with Crippen molar-refractivity contribution in [3.05, 3.63) is 56.4 Å². The Bertz CT molecular complexity index is 667. The lowest BCUT2D eigenvalue weighted by Gasteiger charge is -2.07. The second-order valence-corrected chi connectivity index (χ2v) is 4.45. The zero-order valence-corrected chi connectivity index (χ0v) is 11.7. The number of nitrogens with zero attached hydrogens (tertiary/aromatic N) is 3. The fourth-order valence-corrected chi connectivity index (χ4v) is 2.05. The van der Waals surface area contributed by atoms with Crippen LogP contribution in [0, 0.1) is 10.1 Å². The number of hydrogen-bond acceptors (Lipinski definition) is 5. The molecule has 0 aliphatic rings. The highest BCUT2D eigenvalue weighted by atomic mass is 32.1. The van der Waals surface area contributed by atoms with Crippen LogP contribution in [0.3, 0.4) is 0 Å². The van der Waals surface area contributed by atoms with Gasteiger partial charge in [-0.15, -0.1) is 0 Å². The lowest BCUT2D eigenvalue weighted by molar-refractivity contribution is -0.384. The van der Waals surface area contributed by atoms with Crippen LogP contribution < -0.4 is 5.56 Å². The summed E-state index contributed by atoms with van der Waals surface area (Å²) in [5.74, 6) is 0.321. The fourth-order valence-electron chi connectivity index (χ4n) is 1.82. The molecule has 0 saturated carbocycles. The molecule has 0 saturated heterocycles. The van der Waals surface area contributed by atoms with Gasteiger partial charge < -0.3 is 0 Å². The van der Waals surface area contributed by atoms with Gasteiger partial charge in [-0.05, 0) is 25.1 Å². The van der Waals surface area contributed by atoms with Gasteiger partial charge in [0.1, 0.15) is 0 Å². The first kappa shape index (κ1) is 14.3. The van der Waals surface area contributed by atoms with E-state index >= 15 is 0 Å². The molecule has 0 bridgehead atoms. The number of aromatic nitrogens is 2. The zero-order valence-electron chi connectivity index (χ0n) is 10.8. The van der Waals surface area contributed by atoms with E-state index in [9.17, 15) is 14.9 Å². The Hall–Kier alpha value is -2.15. The Morgan fingerprint density at radius 3 is 2.50 bits per heavy atom. The molecule has 7 heteroatoms. The average molecular weight is 291 g/mol. The maximum atomic E-state index is 11.9. The smallest absolute Gasteiger partial charge is 0.267 e. The van der Waals surface area contributed by atoms with Crippen LogP contribution >= 0.6 is 12.6 Å². The Kier molecular flexibility index (Phi) is 4.19. The average Bonchev–Trinajstić information content (AvgIpc) is 2.47. The number of non-ortho nitro benzene ring substituents is 1. The number of rotatable bonds is 4. The van der Waals surface area contributed by atoms with E-state index in [1.807, 2.05) is 6.92 Å². The summed E-state index contributed by atoms with van der Waals surface area (Å²) < 4.78 is 1.36. The van der Waals surface area contributed by atoms with E-state index in [2.05, 4.69) is 17.7 Å². The minimum absolute atomic E-state index is 0.0204. The molecule has 1 heterocycles. The summed E-state index contributed by atoms with van der Waals surface area (Å²) in [6, 6.07) is 7.74. The van der Waals surface area contributed by atoms with Crippen LogP contribution in [0.15, 0.2) is 35.1 Å². The fraction of sp³-hybridized carbons (Fsp3) is 0.231. The van der Waals surface area contributed by atoms with Crippen molar-refractivity contribution < 1.29 is 4.92 Å². The van der Waals surface area contributed by atoms with Crippen molar-refractivity contribution in [1.29, 1.82) is 0 Å². The van der Waals surface area contributed by atoms with Crippen molar-refractivity contribution in [3.8, 4) is 11.3 Å². The monoisotopic (exact) mass is 291 g/mol. The third-order valence-corrected chi connectivity index (χ3v) is 3.23. The Labute approximate surface area is 120 Å². The Morgan fingerprint density at radius 2 is 2.00 bits per heavy atom. The van der Waals surface area contributed by atoms with Crippen molar-refractivity contribution in [2.75, 3.05) is 0 Å². The lowest BCUT2D eigenvalue weighted by atomic mass is 10.1. The summed E-state index contributed by atoms with van der Waals surface area (Å²) in [6.07, 6.45) is 0. The molecule has 0 aliphatic carbocycles. The van der Waals surface area contributed by atoms with E-state index in [0.29, 0.717) is 23.6 Å². The third kappa shape index (κ3) is 2.72. The second kappa shape index (κ2) is 5.87. The molecular formula is C13H13N3O3S. The molecule has 0 unspecified atom stereocenters. The van der Waals surface area contributed by atoms with Gasteiger partial charge in [-0.1, -0.05) is 0 Å². The van der Waals surface area contributed by atoms with Gasteiger partial charge in [-0.3, -0.25) is 14.9 Å². The molecule has 0 fully saturated rings. The quantitative estimate of drug-likeness (QED) is 0.532. The summed E-state index contributed by atoms with van der Waals surface area (Å²) in [6.45, 7) is 2.29. The summed E-state index contributed by atoms with van der Waals surface area (Å²) >= 11 is 4.14. The van der Waals surface area contributed by atoms with Crippen LogP contribution in [0.1, 0.15) is 12.5 Å². The topological polar surface area (TPSA) is 78.0 Å². The van der Waals surface area contributed by atoms with Crippen molar-refractivity contribution in [2.24, 2.45) is 0 Å². The highest BCUT2D eigenvalue weighted by Crippen LogP contribution is 2.20. The molecule has 0 N–H and O–H groups in total. The van der Waals surface area contributed by atoms with Crippen LogP contribution in [-0.2, 0) is 12.3 Å². The van der Waals surface area contributed by atoms with Crippen LogP contribution in [0.2, 0.25) is 0 Å². The molecule has 104 valence electrons. The molecule has 0 radical (unpaired) electrons. The molecular weight excluding hydrogens is 278 g/mol. The molecule has 6 nitrogen and oxygen atoms in total. The van der Waals surface area contributed by atoms with Gasteiger partial charge in [0.25, 0.3) is 11.2 Å². The van der Waals surface area contributed by atoms with Gasteiger partial charge in [0.05, 0.1) is 10.6 Å². The molecule has 0 atom stereocenters. The minimum atomic E-state index is -0.455. The predicted molar refractivity (Wildman–Crippen MR) is 79.0 cm³/mol. The number of nitro groups is 1. The summed E-state index contributed by atoms with van der Waals surface area (Å²) in [5, 5.41) is 14.9. The first-order valence-electron chi connectivity index (χ1n) is 6.03. The van der Waals surface area contributed by atoms with Crippen molar-refractivity contribution in [1.82, 2.24) is 9.78 Å². The number of aryl methyl sites for hydroxylation is 1. The van der Waals surface area contributed by atoms with Crippen LogP contribution in [0.25, 0.3) is 11.3 Å². The normalized spacial score (nSPS) is 10.5. The van der Waals surface area contributed by atoms with Gasteiger partial charge >= 0.3 is 0 Å².